The summed E-state index contributed by atoms with van der Waals surface area (Å²) in [6.45, 7) is 13.1. The van der Waals surface area contributed by atoms with Crippen LogP contribution in [0.25, 0.3) is 0 Å². The van der Waals surface area contributed by atoms with E-state index in [0.29, 0.717) is 12.5 Å². The maximum Gasteiger partial charge on any atom is 0.240 e. The molecule has 1 saturated heterocycles. The summed E-state index contributed by atoms with van der Waals surface area (Å²) < 4.78 is 16.0. The molecule has 0 saturated carbocycles. The maximum absolute atomic E-state index is 14.6. The van der Waals surface area contributed by atoms with Crippen LogP contribution in [0.2, 0.25) is 0 Å². The lowest BCUT2D eigenvalue weighted by Gasteiger charge is -2.34. The molecule has 0 radical (unpaired) electrons. The molecule has 0 unspecified atom stereocenters. The highest BCUT2D eigenvalue weighted by molar-refractivity contribution is 7.82. The number of hydrogen-bond donors (Lipinski definition) is 0. The summed E-state index contributed by atoms with van der Waals surface area (Å²) in [4.78, 5) is 17.2. The van der Waals surface area contributed by atoms with Gasteiger partial charge in [0.15, 0.2) is 0 Å². The number of carbonyl (C=O) groups excluding carboxylic acids is 1. The number of amides is 1. The Kier molecular flexibility index (Phi) is 8.10. The molecule has 1 aliphatic heterocycles. The molecule has 1 heterocycles. The maximum atomic E-state index is 14.6. The number of rotatable bonds is 7. The van der Waals surface area contributed by atoms with E-state index in [4.69, 9.17) is 0 Å². The second-order valence-electron chi connectivity index (χ2n) is 10.7. The molecule has 5 heteroatoms. The molecule has 0 spiro atoms. The van der Waals surface area contributed by atoms with Gasteiger partial charge in [-0.15, -0.1) is 0 Å². The molecule has 1 fully saturated rings. The summed E-state index contributed by atoms with van der Waals surface area (Å²) in [6, 6.07) is 27.0. The Labute approximate surface area is 234 Å². The summed E-state index contributed by atoms with van der Waals surface area (Å²) in [5.74, 6) is -0.130. The third-order valence-corrected chi connectivity index (χ3v) is 9.36. The van der Waals surface area contributed by atoms with Crippen LogP contribution >= 0.6 is 0 Å². The Morgan fingerprint density at radius 1 is 0.949 bits per heavy atom. The fraction of sp³-hybridized carbons (Fsp3) is 0.265. The highest BCUT2D eigenvalue weighted by Gasteiger charge is 2.48. The molecule has 200 valence electrons. The Bertz CT molecular complexity index is 1370. The van der Waals surface area contributed by atoms with E-state index in [2.05, 4.69) is 26.2 Å². The lowest BCUT2D eigenvalue weighted by molar-refractivity contribution is -0.120. The van der Waals surface area contributed by atoms with Crippen molar-refractivity contribution in [2.45, 2.75) is 44.0 Å². The number of aryl methyl sites for hydroxylation is 1. The van der Waals surface area contributed by atoms with Crippen LogP contribution in [0.15, 0.2) is 126 Å². The number of nitrogens with zero attached hydrogens (tertiary/aromatic N) is 2. The van der Waals surface area contributed by atoms with Crippen LogP contribution in [0.5, 0.6) is 0 Å². The number of benzene rings is 3. The zero-order valence-corrected chi connectivity index (χ0v) is 23.6. The van der Waals surface area contributed by atoms with Crippen LogP contribution in [0.1, 0.15) is 31.7 Å². The van der Waals surface area contributed by atoms with Gasteiger partial charge in [-0.2, -0.15) is 0 Å². The van der Waals surface area contributed by atoms with Gasteiger partial charge in [0, 0.05) is 17.9 Å². The summed E-state index contributed by atoms with van der Waals surface area (Å²) in [5.41, 5.74) is 5.88. The number of allylic oxidation sites excluding steroid dienone is 2. The van der Waals surface area contributed by atoms with Crippen molar-refractivity contribution in [1.29, 1.82) is 0 Å². The van der Waals surface area contributed by atoms with Crippen molar-refractivity contribution in [2.24, 2.45) is 11.8 Å². The van der Waals surface area contributed by atoms with Crippen molar-refractivity contribution in [2.75, 3.05) is 11.4 Å². The van der Waals surface area contributed by atoms with Crippen molar-refractivity contribution >= 4 is 28.3 Å². The zero-order valence-electron chi connectivity index (χ0n) is 22.8. The van der Waals surface area contributed by atoms with Gasteiger partial charge in [-0.05, 0) is 81.0 Å². The highest BCUT2D eigenvalue weighted by atomic mass is 32.2. The quantitative estimate of drug-likeness (QED) is 0.293. The first-order valence-corrected chi connectivity index (χ1v) is 14.7. The van der Waals surface area contributed by atoms with E-state index in [9.17, 15) is 9.00 Å². The summed E-state index contributed by atoms with van der Waals surface area (Å²) in [7, 11) is -1.43. The van der Waals surface area contributed by atoms with Crippen molar-refractivity contribution in [3.8, 4) is 0 Å². The number of hydrogen-bond acceptors (Lipinski definition) is 2. The smallest absolute Gasteiger partial charge is 0.240 e. The molecule has 39 heavy (non-hydrogen) atoms. The largest absolute Gasteiger partial charge is 0.280 e. The van der Waals surface area contributed by atoms with Gasteiger partial charge in [-0.3, -0.25) is 9.69 Å². The van der Waals surface area contributed by atoms with E-state index in [1.54, 1.807) is 4.90 Å². The van der Waals surface area contributed by atoms with Crippen LogP contribution in [-0.4, -0.2) is 27.0 Å². The Balaban J connectivity index is 1.57. The topological polar surface area (TPSA) is 40.6 Å². The second kappa shape index (κ2) is 11.7. The lowest BCUT2D eigenvalue weighted by atomic mass is 9.80. The normalized spacial score (nSPS) is 22.3. The zero-order chi connectivity index (χ0) is 27.5. The van der Waals surface area contributed by atoms with Gasteiger partial charge in [0.25, 0.3) is 0 Å². The second-order valence-corrected chi connectivity index (χ2v) is 12.1. The van der Waals surface area contributed by atoms with Crippen molar-refractivity contribution in [3.05, 3.63) is 126 Å². The van der Waals surface area contributed by atoms with E-state index in [1.807, 2.05) is 96.2 Å². The van der Waals surface area contributed by atoms with Crippen molar-refractivity contribution < 1.29 is 9.00 Å². The van der Waals surface area contributed by atoms with Crippen LogP contribution in [0.4, 0.5) is 11.4 Å². The van der Waals surface area contributed by atoms with Gasteiger partial charge >= 0.3 is 0 Å². The molecular weight excluding hydrogens is 500 g/mol. The van der Waals surface area contributed by atoms with Crippen LogP contribution in [0.3, 0.4) is 0 Å². The van der Waals surface area contributed by atoms with Crippen LogP contribution in [0, 0.1) is 18.8 Å². The molecule has 4 atom stereocenters. The average molecular weight is 537 g/mol. The Morgan fingerprint density at radius 2 is 1.54 bits per heavy atom. The lowest BCUT2D eigenvalue weighted by Crippen LogP contribution is -2.43. The first kappa shape index (κ1) is 27.0. The molecule has 0 aromatic heterocycles. The molecule has 3 aromatic carbocycles. The third-order valence-electron chi connectivity index (χ3n) is 7.90. The minimum Gasteiger partial charge on any atom is -0.280 e. The van der Waals surface area contributed by atoms with Gasteiger partial charge in [-0.1, -0.05) is 84.5 Å². The number of carbonyl (C=O) groups is 1. The molecule has 1 aliphatic carbocycles. The molecule has 3 aromatic rings. The van der Waals surface area contributed by atoms with E-state index < -0.39 is 16.9 Å². The van der Waals surface area contributed by atoms with Gasteiger partial charge in [-0.25, -0.2) is 8.51 Å². The van der Waals surface area contributed by atoms with Gasteiger partial charge in [0.2, 0.25) is 5.91 Å². The van der Waals surface area contributed by atoms with Crippen LogP contribution in [-0.2, 0) is 15.8 Å². The highest BCUT2D eigenvalue weighted by Crippen LogP contribution is 2.43. The summed E-state index contributed by atoms with van der Waals surface area (Å²) in [6.07, 6.45) is 4.98. The minimum atomic E-state index is -1.43. The SMILES string of the molecule is C=C(C)[C@@H]1CC=C([C@H]2[C@H](C(=O)N(c3ccccc3)c3ccccc3)C(=C)CN2[S@@](=O)c2ccc(C)cc2)CC1. The first-order chi connectivity index (χ1) is 18.8. The van der Waals surface area contributed by atoms with E-state index in [1.165, 1.54) is 11.1 Å². The van der Waals surface area contributed by atoms with Crippen molar-refractivity contribution in [1.82, 2.24) is 4.31 Å². The molecule has 5 rings (SSSR count). The van der Waals surface area contributed by atoms with Gasteiger partial charge < -0.3 is 0 Å². The Morgan fingerprint density at radius 3 is 2.05 bits per heavy atom. The molecule has 1 amide bonds. The average Bonchev–Trinajstić information content (AvgIpc) is 3.31. The first-order valence-electron chi connectivity index (χ1n) is 13.6. The summed E-state index contributed by atoms with van der Waals surface area (Å²) in [5, 5.41) is 0. The fourth-order valence-corrected chi connectivity index (χ4v) is 7.10. The predicted molar refractivity (Wildman–Crippen MR) is 161 cm³/mol. The molecule has 4 nitrogen and oxygen atoms in total. The third kappa shape index (κ3) is 5.61. The predicted octanol–water partition coefficient (Wildman–Crippen LogP) is 7.54. The number of para-hydroxylation sites is 2. The standard InChI is InChI=1S/C34H36N2O2S/c1-24(2)27-17-19-28(20-18-27)33-32(26(4)23-35(33)39(38)31-21-15-25(3)16-22-31)34(37)36(29-11-7-5-8-12-29)30-13-9-6-10-14-30/h5-16,19,21-22,27,32-33H,1,4,17-18,20,23H2,2-3H3/t27-,32-,33+,39+/m1/s1. The number of anilines is 2. The minimum absolute atomic E-state index is 0.0475. The van der Waals surface area contributed by atoms with Crippen molar-refractivity contribution in [3.63, 3.8) is 0 Å². The molecular formula is C34H36N2O2S. The van der Waals surface area contributed by atoms with E-state index >= 15 is 0 Å². The molecule has 0 N–H and O–H groups in total. The molecule has 2 aliphatic rings. The monoisotopic (exact) mass is 536 g/mol. The van der Waals surface area contributed by atoms with E-state index in [-0.39, 0.29) is 11.9 Å². The Hall–Kier alpha value is -3.54. The van der Waals surface area contributed by atoms with Gasteiger partial charge in [0.05, 0.1) is 16.9 Å². The molecule has 0 bridgehead atoms. The fourth-order valence-electron chi connectivity index (χ4n) is 5.71. The van der Waals surface area contributed by atoms with Gasteiger partial charge in [0.1, 0.15) is 11.0 Å². The summed E-state index contributed by atoms with van der Waals surface area (Å²) >= 11 is 0. The van der Waals surface area contributed by atoms with E-state index in [0.717, 1.165) is 46.7 Å². The van der Waals surface area contributed by atoms with Crippen LogP contribution < -0.4 is 4.90 Å².